The van der Waals surface area contributed by atoms with Crippen molar-refractivity contribution in [2.75, 3.05) is 6.54 Å². The van der Waals surface area contributed by atoms with Crippen LogP contribution in [0.25, 0.3) is 0 Å². The van der Waals surface area contributed by atoms with Gasteiger partial charge in [0, 0.05) is 12.6 Å². The zero-order valence-electron chi connectivity index (χ0n) is 10.1. The largest absolute Gasteiger partial charge is 0.466 e. The zero-order chi connectivity index (χ0) is 12.0. The van der Waals surface area contributed by atoms with Crippen LogP contribution in [-0.4, -0.2) is 17.7 Å². The molecular formula is C13H21NO2. The summed E-state index contributed by atoms with van der Waals surface area (Å²) in [6.07, 6.45) is 5.49. The van der Waals surface area contributed by atoms with Crippen molar-refractivity contribution in [3.05, 3.63) is 36.8 Å². The molecule has 0 amide bonds. The van der Waals surface area contributed by atoms with Crippen molar-refractivity contribution in [2.45, 2.75) is 38.3 Å². The van der Waals surface area contributed by atoms with E-state index in [1.807, 2.05) is 6.08 Å². The van der Waals surface area contributed by atoms with Gasteiger partial charge in [-0.1, -0.05) is 6.08 Å². The van der Waals surface area contributed by atoms with Gasteiger partial charge in [-0.05, 0) is 38.8 Å². The third-order valence-electron chi connectivity index (χ3n) is 2.65. The molecule has 0 aromatic carbocycles. The van der Waals surface area contributed by atoms with Crippen molar-refractivity contribution in [3.63, 3.8) is 0 Å². The van der Waals surface area contributed by atoms with Crippen LogP contribution in [0.1, 0.15) is 32.4 Å². The van der Waals surface area contributed by atoms with Crippen LogP contribution < -0.4 is 5.32 Å². The second-order valence-corrected chi connectivity index (χ2v) is 4.40. The average molecular weight is 223 g/mol. The van der Waals surface area contributed by atoms with Crippen molar-refractivity contribution < 1.29 is 9.52 Å². The van der Waals surface area contributed by atoms with Crippen LogP contribution in [0.15, 0.2) is 35.5 Å². The van der Waals surface area contributed by atoms with Crippen LogP contribution in [0, 0.1) is 0 Å². The Labute approximate surface area is 97.2 Å². The first-order valence-electron chi connectivity index (χ1n) is 5.67. The Morgan fingerprint density at radius 1 is 1.69 bits per heavy atom. The summed E-state index contributed by atoms with van der Waals surface area (Å²) in [4.78, 5) is 0. The minimum absolute atomic E-state index is 0.361. The fourth-order valence-corrected chi connectivity index (χ4v) is 1.52. The number of furan rings is 1. The molecule has 0 aliphatic carbocycles. The molecule has 16 heavy (non-hydrogen) atoms. The Morgan fingerprint density at radius 3 is 3.00 bits per heavy atom. The number of hydrogen-bond donors (Lipinski definition) is 2. The number of nitrogens with one attached hydrogen (secondary N) is 1. The monoisotopic (exact) mass is 223 g/mol. The highest BCUT2D eigenvalue weighted by Gasteiger charge is 2.26. The smallest absolute Gasteiger partial charge is 0.136 e. The highest BCUT2D eigenvalue weighted by molar-refractivity contribution is 5.08. The minimum atomic E-state index is -0.952. The van der Waals surface area contributed by atoms with Crippen molar-refractivity contribution in [3.8, 4) is 0 Å². The molecular weight excluding hydrogens is 202 g/mol. The minimum Gasteiger partial charge on any atom is -0.466 e. The van der Waals surface area contributed by atoms with E-state index in [-0.39, 0.29) is 0 Å². The van der Waals surface area contributed by atoms with Crippen molar-refractivity contribution in [1.29, 1.82) is 0 Å². The summed E-state index contributed by atoms with van der Waals surface area (Å²) in [6, 6.07) is 3.93. The fourth-order valence-electron chi connectivity index (χ4n) is 1.52. The Kier molecular flexibility index (Phi) is 4.77. The molecule has 0 bridgehead atoms. The standard InChI is InChI=1S/C13H21NO2/c1-4-5-7-11(2)14-10-13(3,15)12-8-6-9-16-12/h4,6,8-9,11,14-15H,1,5,7,10H2,2-3H3. The van der Waals surface area contributed by atoms with E-state index in [9.17, 15) is 5.11 Å². The molecule has 1 aromatic rings. The lowest BCUT2D eigenvalue weighted by atomic mass is 10.0. The van der Waals surface area contributed by atoms with Gasteiger partial charge in [0.15, 0.2) is 0 Å². The van der Waals surface area contributed by atoms with Crippen LogP contribution in [-0.2, 0) is 5.60 Å². The molecule has 1 heterocycles. The second-order valence-electron chi connectivity index (χ2n) is 4.40. The van der Waals surface area contributed by atoms with Gasteiger partial charge in [0.25, 0.3) is 0 Å². The lowest BCUT2D eigenvalue weighted by molar-refractivity contribution is 0.0318. The molecule has 3 nitrogen and oxygen atoms in total. The van der Waals surface area contributed by atoms with E-state index in [0.717, 1.165) is 12.8 Å². The van der Waals surface area contributed by atoms with Crippen LogP contribution in [0.4, 0.5) is 0 Å². The normalized spacial score (nSPS) is 16.7. The Bertz CT molecular complexity index is 304. The summed E-state index contributed by atoms with van der Waals surface area (Å²) in [6.45, 7) is 8.02. The molecule has 1 rings (SSSR count). The molecule has 2 N–H and O–H groups in total. The topological polar surface area (TPSA) is 45.4 Å². The van der Waals surface area contributed by atoms with Gasteiger partial charge in [-0.2, -0.15) is 0 Å². The summed E-state index contributed by atoms with van der Waals surface area (Å²) < 4.78 is 5.21. The van der Waals surface area contributed by atoms with E-state index in [1.54, 1.807) is 25.3 Å². The molecule has 0 radical (unpaired) electrons. The number of hydrogen-bond acceptors (Lipinski definition) is 3. The van der Waals surface area contributed by atoms with Gasteiger partial charge in [0.2, 0.25) is 0 Å². The molecule has 1 aromatic heterocycles. The third-order valence-corrected chi connectivity index (χ3v) is 2.65. The summed E-state index contributed by atoms with van der Waals surface area (Å²) >= 11 is 0. The second kappa shape index (κ2) is 5.87. The number of rotatable bonds is 7. The first-order valence-corrected chi connectivity index (χ1v) is 5.67. The van der Waals surface area contributed by atoms with E-state index in [2.05, 4.69) is 18.8 Å². The van der Waals surface area contributed by atoms with Gasteiger partial charge < -0.3 is 14.8 Å². The van der Waals surface area contributed by atoms with E-state index in [0.29, 0.717) is 18.3 Å². The maximum absolute atomic E-state index is 10.2. The molecule has 0 spiro atoms. The van der Waals surface area contributed by atoms with Crippen LogP contribution in [0.5, 0.6) is 0 Å². The van der Waals surface area contributed by atoms with E-state index in [1.165, 1.54) is 0 Å². The van der Waals surface area contributed by atoms with Gasteiger partial charge in [-0.3, -0.25) is 0 Å². The van der Waals surface area contributed by atoms with Crippen molar-refractivity contribution in [2.24, 2.45) is 0 Å². The predicted molar refractivity (Wildman–Crippen MR) is 65.2 cm³/mol. The van der Waals surface area contributed by atoms with Gasteiger partial charge in [0.1, 0.15) is 11.4 Å². The van der Waals surface area contributed by atoms with Crippen molar-refractivity contribution >= 4 is 0 Å². The Morgan fingerprint density at radius 2 is 2.44 bits per heavy atom. The van der Waals surface area contributed by atoms with E-state index >= 15 is 0 Å². The molecule has 0 aliphatic heterocycles. The predicted octanol–water partition coefficient (Wildman–Crippen LogP) is 2.43. The first kappa shape index (κ1) is 13.0. The molecule has 2 atom stereocenters. The van der Waals surface area contributed by atoms with Crippen LogP contribution in [0.2, 0.25) is 0 Å². The summed E-state index contributed by atoms with van der Waals surface area (Å²) in [5.41, 5.74) is -0.952. The third kappa shape index (κ3) is 3.83. The van der Waals surface area contributed by atoms with E-state index < -0.39 is 5.60 Å². The average Bonchev–Trinajstić information content (AvgIpc) is 2.77. The quantitative estimate of drug-likeness (QED) is 0.698. The first-order chi connectivity index (χ1) is 7.56. The molecule has 2 unspecified atom stereocenters. The fraction of sp³-hybridized carbons (Fsp3) is 0.538. The summed E-state index contributed by atoms with van der Waals surface area (Å²) in [5.74, 6) is 0.593. The highest BCUT2D eigenvalue weighted by atomic mass is 16.4. The molecule has 3 heteroatoms. The lowest BCUT2D eigenvalue weighted by Gasteiger charge is -2.23. The molecule has 0 aliphatic rings. The van der Waals surface area contributed by atoms with E-state index in [4.69, 9.17) is 4.42 Å². The molecule has 0 saturated heterocycles. The Hall–Kier alpha value is -1.06. The molecule has 90 valence electrons. The van der Waals surface area contributed by atoms with Crippen LogP contribution >= 0.6 is 0 Å². The SMILES string of the molecule is C=CCCC(C)NCC(C)(O)c1ccco1. The number of aliphatic hydroxyl groups is 1. The zero-order valence-corrected chi connectivity index (χ0v) is 10.1. The summed E-state index contributed by atoms with van der Waals surface area (Å²) in [7, 11) is 0. The van der Waals surface area contributed by atoms with Gasteiger partial charge in [-0.25, -0.2) is 0 Å². The summed E-state index contributed by atoms with van der Waals surface area (Å²) in [5, 5.41) is 13.5. The number of allylic oxidation sites excluding steroid dienone is 1. The molecule has 0 fully saturated rings. The van der Waals surface area contributed by atoms with Gasteiger partial charge in [0.05, 0.1) is 6.26 Å². The van der Waals surface area contributed by atoms with Crippen molar-refractivity contribution in [1.82, 2.24) is 5.32 Å². The highest BCUT2D eigenvalue weighted by Crippen LogP contribution is 2.20. The maximum Gasteiger partial charge on any atom is 0.136 e. The Balaban J connectivity index is 2.39. The lowest BCUT2D eigenvalue weighted by Crippen LogP contribution is -2.39. The maximum atomic E-state index is 10.2. The van der Waals surface area contributed by atoms with Gasteiger partial charge in [-0.15, -0.1) is 6.58 Å². The van der Waals surface area contributed by atoms with Crippen LogP contribution in [0.3, 0.4) is 0 Å². The van der Waals surface area contributed by atoms with Gasteiger partial charge >= 0.3 is 0 Å². The molecule has 0 saturated carbocycles.